The van der Waals surface area contributed by atoms with Gasteiger partial charge in [0.25, 0.3) is 0 Å². The van der Waals surface area contributed by atoms with E-state index in [2.05, 4.69) is 26.2 Å². The van der Waals surface area contributed by atoms with E-state index in [0.717, 1.165) is 24.1 Å². The highest BCUT2D eigenvalue weighted by Gasteiger charge is 2.15. The predicted molar refractivity (Wildman–Crippen MR) is 71.7 cm³/mol. The molecule has 0 aliphatic heterocycles. The van der Waals surface area contributed by atoms with Crippen molar-refractivity contribution in [2.24, 2.45) is 0 Å². The first-order valence-electron chi connectivity index (χ1n) is 6.02. The monoisotopic (exact) mass is 271 g/mol. The molecule has 96 valence electrons. The summed E-state index contributed by atoms with van der Waals surface area (Å²) in [7, 11) is 0. The van der Waals surface area contributed by atoms with Crippen LogP contribution in [0.2, 0.25) is 0 Å². The van der Waals surface area contributed by atoms with Crippen LogP contribution in [0.1, 0.15) is 30.7 Å². The summed E-state index contributed by atoms with van der Waals surface area (Å²) in [5.74, 6) is 0. The van der Waals surface area contributed by atoms with Gasteiger partial charge in [-0.05, 0) is 30.2 Å². The van der Waals surface area contributed by atoms with Crippen molar-refractivity contribution in [1.29, 1.82) is 5.26 Å². The molecule has 6 heteroatoms. The molecule has 0 aliphatic rings. The lowest BCUT2D eigenvalue weighted by Crippen LogP contribution is -2.04. The minimum absolute atomic E-state index is 0.594. The average Bonchev–Trinajstić information content (AvgIpc) is 2.47. The number of hydrogen-bond acceptors (Lipinski definition) is 6. The molecule has 0 atom stereocenters. The molecule has 2 aromatic rings. The summed E-state index contributed by atoms with van der Waals surface area (Å²) in [6.07, 6.45) is 6.42. The van der Waals surface area contributed by atoms with E-state index >= 15 is 0 Å². The first-order chi connectivity index (χ1) is 9.30. The molecule has 0 saturated carbocycles. The Bertz CT molecular complexity index is 606. The molecule has 0 fully saturated rings. The second-order valence-corrected chi connectivity index (χ2v) is 4.78. The molecule has 0 unspecified atom stereocenters. The van der Waals surface area contributed by atoms with Crippen LogP contribution in [-0.2, 0) is 12.8 Å². The molecule has 2 aromatic heterocycles. The molecule has 0 N–H and O–H groups in total. The van der Waals surface area contributed by atoms with Gasteiger partial charge in [0.1, 0.15) is 16.1 Å². The third-order valence-electron chi connectivity index (χ3n) is 2.67. The molecule has 0 bridgehead atoms. The molecule has 5 nitrogen and oxygen atoms in total. The summed E-state index contributed by atoms with van der Waals surface area (Å²) in [6.45, 7) is 4.04. The third-order valence-corrected chi connectivity index (χ3v) is 3.57. The maximum atomic E-state index is 9.36. The summed E-state index contributed by atoms with van der Waals surface area (Å²) in [6, 6.07) is 2.24. The normalized spacial score (nSPS) is 10.2. The lowest BCUT2D eigenvalue weighted by atomic mass is 10.1. The summed E-state index contributed by atoms with van der Waals surface area (Å²) >= 11 is 1.32. The molecule has 2 rings (SSSR count). The lowest BCUT2D eigenvalue weighted by molar-refractivity contribution is 0.816. The van der Waals surface area contributed by atoms with Gasteiger partial charge in [0, 0.05) is 12.4 Å². The lowest BCUT2D eigenvalue weighted by Gasteiger charge is -2.09. The van der Waals surface area contributed by atoms with Gasteiger partial charge < -0.3 is 0 Å². The Morgan fingerprint density at radius 2 is 2.05 bits per heavy atom. The maximum absolute atomic E-state index is 9.36. The van der Waals surface area contributed by atoms with Crippen LogP contribution >= 0.6 is 11.8 Å². The Balaban J connectivity index is 2.44. The van der Waals surface area contributed by atoms with E-state index in [4.69, 9.17) is 0 Å². The summed E-state index contributed by atoms with van der Waals surface area (Å²) < 4.78 is 0. The van der Waals surface area contributed by atoms with Gasteiger partial charge in [-0.1, -0.05) is 13.8 Å². The van der Waals surface area contributed by atoms with Crippen LogP contribution in [0.25, 0.3) is 0 Å². The first kappa shape index (κ1) is 13.4. The number of aryl methyl sites for hydroxylation is 1. The number of hydrogen-bond donors (Lipinski definition) is 0. The van der Waals surface area contributed by atoms with Crippen LogP contribution in [0, 0.1) is 11.3 Å². The predicted octanol–water partition coefficient (Wildman–Crippen LogP) is 2.41. The highest BCUT2D eigenvalue weighted by Crippen LogP contribution is 2.28. The van der Waals surface area contributed by atoms with Crippen molar-refractivity contribution in [2.45, 2.75) is 36.7 Å². The standard InChI is InChI=1S/C13H13N5S/c1-3-9-10(7-14)13(18-17-11(9)4-2)19-12-8-15-5-6-16-12/h5-6,8H,3-4H2,1-2H3. The van der Waals surface area contributed by atoms with Gasteiger partial charge in [-0.3, -0.25) is 4.98 Å². The van der Waals surface area contributed by atoms with E-state index in [1.807, 2.05) is 13.8 Å². The van der Waals surface area contributed by atoms with E-state index in [9.17, 15) is 5.26 Å². The summed E-state index contributed by atoms with van der Waals surface area (Å²) in [5.41, 5.74) is 2.47. The van der Waals surface area contributed by atoms with E-state index in [1.54, 1.807) is 18.6 Å². The van der Waals surface area contributed by atoms with Gasteiger partial charge in [-0.15, -0.1) is 5.10 Å². The van der Waals surface area contributed by atoms with Crippen molar-refractivity contribution in [3.05, 3.63) is 35.4 Å². The van der Waals surface area contributed by atoms with Crippen molar-refractivity contribution in [2.75, 3.05) is 0 Å². The van der Waals surface area contributed by atoms with E-state index in [-0.39, 0.29) is 0 Å². The number of aromatic nitrogens is 4. The zero-order chi connectivity index (χ0) is 13.7. The zero-order valence-electron chi connectivity index (χ0n) is 10.8. The minimum atomic E-state index is 0.594. The second kappa shape index (κ2) is 6.25. The highest BCUT2D eigenvalue weighted by molar-refractivity contribution is 7.99. The quantitative estimate of drug-likeness (QED) is 0.850. The van der Waals surface area contributed by atoms with Crippen LogP contribution < -0.4 is 0 Å². The number of nitriles is 1. The van der Waals surface area contributed by atoms with Gasteiger partial charge in [-0.2, -0.15) is 10.4 Å². The van der Waals surface area contributed by atoms with Crippen molar-refractivity contribution in [3.8, 4) is 6.07 Å². The molecule has 0 saturated heterocycles. The van der Waals surface area contributed by atoms with Gasteiger partial charge in [0.05, 0.1) is 17.5 Å². The summed E-state index contributed by atoms with van der Waals surface area (Å²) in [4.78, 5) is 8.17. The average molecular weight is 271 g/mol. The van der Waals surface area contributed by atoms with Crippen LogP contribution in [0.3, 0.4) is 0 Å². The van der Waals surface area contributed by atoms with E-state index < -0.39 is 0 Å². The van der Waals surface area contributed by atoms with Gasteiger partial charge in [-0.25, -0.2) is 4.98 Å². The molecule has 0 spiro atoms. The van der Waals surface area contributed by atoms with Crippen LogP contribution in [-0.4, -0.2) is 20.2 Å². The fourth-order valence-corrected chi connectivity index (χ4v) is 2.56. The topological polar surface area (TPSA) is 75.3 Å². The fourth-order valence-electron chi connectivity index (χ4n) is 1.78. The minimum Gasteiger partial charge on any atom is -0.260 e. The zero-order valence-corrected chi connectivity index (χ0v) is 11.6. The molecule has 0 aliphatic carbocycles. The van der Waals surface area contributed by atoms with Gasteiger partial charge >= 0.3 is 0 Å². The Hall–Kier alpha value is -2.00. The Morgan fingerprint density at radius 1 is 1.21 bits per heavy atom. The third kappa shape index (κ3) is 2.88. The molecule has 0 aromatic carbocycles. The molecule has 0 amide bonds. The largest absolute Gasteiger partial charge is 0.260 e. The van der Waals surface area contributed by atoms with Crippen LogP contribution in [0.15, 0.2) is 28.6 Å². The van der Waals surface area contributed by atoms with Gasteiger partial charge in [0.2, 0.25) is 0 Å². The fraction of sp³-hybridized carbons (Fsp3) is 0.308. The van der Waals surface area contributed by atoms with Crippen LogP contribution in [0.5, 0.6) is 0 Å². The van der Waals surface area contributed by atoms with Crippen LogP contribution in [0.4, 0.5) is 0 Å². The molecule has 2 heterocycles. The number of rotatable bonds is 4. The van der Waals surface area contributed by atoms with Crippen molar-refractivity contribution < 1.29 is 0 Å². The highest BCUT2D eigenvalue weighted by atomic mass is 32.2. The molecule has 0 radical (unpaired) electrons. The Labute approximate surface area is 116 Å². The maximum Gasteiger partial charge on any atom is 0.143 e. The van der Waals surface area contributed by atoms with Crippen molar-refractivity contribution in [3.63, 3.8) is 0 Å². The Morgan fingerprint density at radius 3 is 2.63 bits per heavy atom. The molecular weight excluding hydrogens is 258 g/mol. The molecule has 19 heavy (non-hydrogen) atoms. The first-order valence-corrected chi connectivity index (χ1v) is 6.84. The number of nitrogens with zero attached hydrogens (tertiary/aromatic N) is 5. The van der Waals surface area contributed by atoms with Gasteiger partial charge in [0.15, 0.2) is 0 Å². The second-order valence-electron chi connectivity index (χ2n) is 3.77. The van der Waals surface area contributed by atoms with E-state index in [0.29, 0.717) is 15.6 Å². The smallest absolute Gasteiger partial charge is 0.143 e. The summed E-state index contributed by atoms with van der Waals surface area (Å²) in [5, 5.41) is 19.0. The Kier molecular flexibility index (Phi) is 4.42. The van der Waals surface area contributed by atoms with Crippen molar-refractivity contribution in [1.82, 2.24) is 20.2 Å². The van der Waals surface area contributed by atoms with E-state index in [1.165, 1.54) is 11.8 Å². The van der Waals surface area contributed by atoms with Crippen molar-refractivity contribution >= 4 is 11.8 Å². The SMILES string of the molecule is CCc1nnc(Sc2cnccn2)c(C#N)c1CC. The molecular formula is C13H13N5S.